The summed E-state index contributed by atoms with van der Waals surface area (Å²) in [5, 5.41) is 2.37. The van der Waals surface area contributed by atoms with Crippen molar-refractivity contribution in [2.75, 3.05) is 0 Å². The molecule has 132 valence electrons. The van der Waals surface area contributed by atoms with Gasteiger partial charge in [-0.05, 0) is 83.0 Å². The summed E-state index contributed by atoms with van der Waals surface area (Å²) in [6, 6.07) is 15.2. The zero-order chi connectivity index (χ0) is 18.5. The molecule has 1 atom stereocenters. The smallest absolute Gasteiger partial charge is 0.00849 e. The standard InChI is InChI=1S/C26H28/c1-5-12-20(3)26-21(4)17-23(22-14-9-7-10-15-22)18-25(26)24-16-11-6-8-13-19(24)2/h5-7,9-12,14-19H,4,8,13H2,1-3H3/b12-5-,26-20+. The summed E-state index contributed by atoms with van der Waals surface area (Å²) in [5.74, 6) is 0.535. The van der Waals surface area contributed by atoms with Gasteiger partial charge in [0.1, 0.15) is 0 Å². The SMILES string of the molecule is C=c1cc(-c2ccccc2)cc(C2=CC=CCCC2C)/c1=C(C)/C=C\C. The Balaban J connectivity index is 2.33. The Bertz CT molecular complexity index is 969. The second kappa shape index (κ2) is 8.19. The summed E-state index contributed by atoms with van der Waals surface area (Å²) < 4.78 is 0. The second-order valence-electron chi connectivity index (χ2n) is 7.14. The van der Waals surface area contributed by atoms with Crippen molar-refractivity contribution in [1.29, 1.82) is 0 Å². The second-order valence-corrected chi connectivity index (χ2v) is 7.14. The molecule has 0 aromatic heterocycles. The van der Waals surface area contributed by atoms with E-state index in [-0.39, 0.29) is 0 Å². The quantitative estimate of drug-likeness (QED) is 0.654. The van der Waals surface area contributed by atoms with Crippen molar-refractivity contribution in [3.8, 4) is 11.1 Å². The van der Waals surface area contributed by atoms with Gasteiger partial charge in [-0.3, -0.25) is 0 Å². The molecule has 0 radical (unpaired) electrons. The van der Waals surface area contributed by atoms with Crippen molar-refractivity contribution < 1.29 is 0 Å². The molecule has 1 aliphatic carbocycles. The number of hydrogen-bond donors (Lipinski definition) is 0. The van der Waals surface area contributed by atoms with Crippen LogP contribution in [0.15, 0.2) is 72.8 Å². The summed E-state index contributed by atoms with van der Waals surface area (Å²) in [7, 11) is 0. The molecule has 0 amide bonds. The largest absolute Gasteiger partial charge is 0.0911 e. The van der Waals surface area contributed by atoms with E-state index < -0.39 is 0 Å². The van der Waals surface area contributed by atoms with Crippen molar-refractivity contribution >= 4 is 17.7 Å². The predicted octanol–water partition coefficient (Wildman–Crippen LogP) is 5.88. The van der Waals surface area contributed by atoms with E-state index in [1.807, 2.05) is 0 Å². The summed E-state index contributed by atoms with van der Waals surface area (Å²) in [6.45, 7) is 11.0. The minimum absolute atomic E-state index is 0.535. The Morgan fingerprint density at radius 2 is 1.88 bits per heavy atom. The highest BCUT2D eigenvalue weighted by Crippen LogP contribution is 2.29. The third kappa shape index (κ3) is 3.80. The van der Waals surface area contributed by atoms with Crippen LogP contribution in [-0.2, 0) is 0 Å². The summed E-state index contributed by atoms with van der Waals surface area (Å²) in [5.41, 5.74) is 6.50. The van der Waals surface area contributed by atoms with Crippen LogP contribution in [0.4, 0.5) is 0 Å². The Morgan fingerprint density at radius 3 is 2.62 bits per heavy atom. The molecule has 0 saturated heterocycles. The first kappa shape index (κ1) is 18.2. The number of hydrogen-bond acceptors (Lipinski definition) is 0. The average molecular weight is 341 g/mol. The molecule has 26 heavy (non-hydrogen) atoms. The van der Waals surface area contributed by atoms with Gasteiger partial charge >= 0.3 is 0 Å². The Kier molecular flexibility index (Phi) is 5.73. The zero-order valence-corrected chi connectivity index (χ0v) is 16.1. The van der Waals surface area contributed by atoms with Gasteiger partial charge in [-0.25, -0.2) is 0 Å². The van der Waals surface area contributed by atoms with E-state index in [1.165, 1.54) is 39.5 Å². The van der Waals surface area contributed by atoms with Crippen LogP contribution in [0.5, 0.6) is 0 Å². The fourth-order valence-electron chi connectivity index (χ4n) is 3.82. The van der Waals surface area contributed by atoms with E-state index in [0.717, 1.165) is 11.6 Å². The van der Waals surface area contributed by atoms with E-state index in [9.17, 15) is 0 Å². The maximum Gasteiger partial charge on any atom is -0.00849 e. The molecule has 3 rings (SSSR count). The molecule has 0 bridgehead atoms. The molecular weight excluding hydrogens is 312 g/mol. The number of rotatable bonds is 3. The van der Waals surface area contributed by atoms with Crippen molar-refractivity contribution in [3.05, 3.63) is 88.8 Å². The van der Waals surface area contributed by atoms with Crippen LogP contribution in [0.2, 0.25) is 0 Å². The van der Waals surface area contributed by atoms with Crippen molar-refractivity contribution in [2.45, 2.75) is 33.6 Å². The number of benzene rings is 2. The molecule has 0 N–H and O–H groups in total. The summed E-state index contributed by atoms with van der Waals surface area (Å²) >= 11 is 0. The normalized spacial score (nSPS) is 18.6. The van der Waals surface area contributed by atoms with Gasteiger partial charge in [0.25, 0.3) is 0 Å². The van der Waals surface area contributed by atoms with Crippen molar-refractivity contribution in [3.63, 3.8) is 0 Å². The van der Waals surface area contributed by atoms with E-state index in [0.29, 0.717) is 5.92 Å². The molecule has 0 saturated carbocycles. The van der Waals surface area contributed by atoms with E-state index >= 15 is 0 Å². The lowest BCUT2D eigenvalue weighted by molar-refractivity contribution is 0.678. The van der Waals surface area contributed by atoms with E-state index in [1.54, 1.807) is 0 Å². The first-order valence-corrected chi connectivity index (χ1v) is 9.51. The van der Waals surface area contributed by atoms with Gasteiger partial charge in [0.2, 0.25) is 0 Å². The van der Waals surface area contributed by atoms with Gasteiger partial charge in [0.05, 0.1) is 0 Å². The van der Waals surface area contributed by atoms with Crippen LogP contribution in [0, 0.1) is 5.92 Å². The molecule has 2 aromatic rings. The Labute approximate surface area is 157 Å². The van der Waals surface area contributed by atoms with Gasteiger partial charge < -0.3 is 0 Å². The third-order valence-electron chi connectivity index (χ3n) is 5.16. The fourth-order valence-corrected chi connectivity index (χ4v) is 3.82. The monoisotopic (exact) mass is 340 g/mol. The third-order valence-corrected chi connectivity index (χ3v) is 5.16. The maximum absolute atomic E-state index is 4.41. The fraction of sp³-hybridized carbons (Fsp3) is 0.231. The Morgan fingerprint density at radius 1 is 1.12 bits per heavy atom. The van der Waals surface area contributed by atoms with Gasteiger partial charge in [0.15, 0.2) is 0 Å². The molecule has 0 spiro atoms. The molecule has 0 heteroatoms. The zero-order valence-electron chi connectivity index (χ0n) is 16.1. The summed E-state index contributed by atoms with van der Waals surface area (Å²) in [6.07, 6.45) is 13.4. The van der Waals surface area contributed by atoms with Crippen LogP contribution in [0.3, 0.4) is 0 Å². The first-order valence-electron chi connectivity index (χ1n) is 9.51. The van der Waals surface area contributed by atoms with Crippen molar-refractivity contribution in [1.82, 2.24) is 0 Å². The van der Waals surface area contributed by atoms with Gasteiger partial charge in [0, 0.05) is 0 Å². The van der Waals surface area contributed by atoms with Crippen LogP contribution >= 0.6 is 0 Å². The van der Waals surface area contributed by atoms with Crippen LogP contribution in [0.1, 0.15) is 39.2 Å². The highest BCUT2D eigenvalue weighted by molar-refractivity contribution is 5.77. The molecule has 0 fully saturated rings. The van der Waals surface area contributed by atoms with Gasteiger partial charge in [-0.2, -0.15) is 0 Å². The molecule has 1 unspecified atom stereocenters. The van der Waals surface area contributed by atoms with E-state index in [4.69, 9.17) is 0 Å². The molecule has 1 aliphatic rings. The first-order chi connectivity index (χ1) is 12.6. The van der Waals surface area contributed by atoms with Gasteiger partial charge in [-0.15, -0.1) is 0 Å². The van der Waals surface area contributed by atoms with Crippen LogP contribution in [-0.4, -0.2) is 0 Å². The topological polar surface area (TPSA) is 0 Å². The lowest BCUT2D eigenvalue weighted by Gasteiger charge is -2.18. The molecule has 0 aliphatic heterocycles. The minimum Gasteiger partial charge on any atom is -0.0911 e. The predicted molar refractivity (Wildman–Crippen MR) is 116 cm³/mol. The molecule has 0 heterocycles. The average Bonchev–Trinajstić information content (AvgIpc) is 2.86. The number of allylic oxidation sites excluding steroid dienone is 6. The molecule has 2 aromatic carbocycles. The maximum atomic E-state index is 4.41. The lowest BCUT2D eigenvalue weighted by Crippen LogP contribution is -2.30. The molecular formula is C26H28. The highest BCUT2D eigenvalue weighted by Gasteiger charge is 2.15. The summed E-state index contributed by atoms with van der Waals surface area (Å²) in [4.78, 5) is 0. The van der Waals surface area contributed by atoms with Gasteiger partial charge in [-0.1, -0.05) is 74.2 Å². The lowest BCUT2D eigenvalue weighted by atomic mass is 9.86. The molecule has 0 nitrogen and oxygen atoms in total. The van der Waals surface area contributed by atoms with Crippen molar-refractivity contribution in [2.24, 2.45) is 5.92 Å². The Hall–Kier alpha value is -2.60. The minimum atomic E-state index is 0.535. The van der Waals surface area contributed by atoms with Crippen LogP contribution < -0.4 is 10.4 Å². The van der Waals surface area contributed by atoms with E-state index in [2.05, 4.69) is 100 Å². The highest BCUT2D eigenvalue weighted by atomic mass is 14.2. The van der Waals surface area contributed by atoms with Crippen LogP contribution in [0.25, 0.3) is 28.9 Å².